The maximum Gasteiger partial charge on any atom is 0.111 e. The molecule has 0 spiro atoms. The topological polar surface area (TPSA) is 74.8 Å². The number of nitrogens with one attached hydrogen (secondary N) is 2. The first-order valence-electron chi connectivity index (χ1n) is 10.8. The van der Waals surface area contributed by atoms with E-state index in [9.17, 15) is 0 Å². The van der Waals surface area contributed by atoms with Crippen LogP contribution in [-0.2, 0) is 12.8 Å². The Kier molecular flexibility index (Phi) is 6.45. The van der Waals surface area contributed by atoms with E-state index in [2.05, 4.69) is 57.0 Å². The first-order chi connectivity index (χ1) is 14.3. The molecule has 0 bridgehead atoms. The van der Waals surface area contributed by atoms with Gasteiger partial charge in [-0.15, -0.1) is 0 Å². The van der Waals surface area contributed by atoms with Crippen LogP contribution in [0.2, 0.25) is 0 Å². The van der Waals surface area contributed by atoms with Gasteiger partial charge in [-0.1, -0.05) is 43.5 Å². The predicted molar refractivity (Wildman–Crippen MR) is 124 cm³/mol. The molecule has 5 nitrogen and oxygen atoms in total. The third-order valence-corrected chi connectivity index (χ3v) is 6.06. The van der Waals surface area contributed by atoms with Gasteiger partial charge in [0.15, 0.2) is 0 Å². The smallest absolute Gasteiger partial charge is 0.111 e. The summed E-state index contributed by atoms with van der Waals surface area (Å²) < 4.78 is 0. The maximum atomic E-state index is 5.24. The molecule has 1 saturated carbocycles. The van der Waals surface area contributed by atoms with E-state index in [4.69, 9.17) is 5.73 Å². The van der Waals surface area contributed by atoms with Gasteiger partial charge in [0.1, 0.15) is 6.34 Å². The van der Waals surface area contributed by atoms with Crippen molar-refractivity contribution >= 4 is 29.7 Å². The summed E-state index contributed by atoms with van der Waals surface area (Å²) in [7, 11) is 0. The number of hydrogen-bond acceptors (Lipinski definition) is 3. The van der Waals surface area contributed by atoms with E-state index in [0.717, 1.165) is 19.4 Å². The fourth-order valence-corrected chi connectivity index (χ4v) is 4.56. The summed E-state index contributed by atoms with van der Waals surface area (Å²) in [5.41, 5.74) is 13.3. The zero-order valence-electron chi connectivity index (χ0n) is 17.0. The van der Waals surface area contributed by atoms with Crippen LogP contribution in [0.25, 0.3) is 0 Å². The molecule has 1 fully saturated rings. The highest BCUT2D eigenvalue weighted by atomic mass is 14.9. The number of rotatable bonds is 6. The number of hydrogen-bond donors (Lipinski definition) is 3. The Labute approximate surface area is 173 Å². The number of aliphatic imine (C=N–C) groups is 2. The van der Waals surface area contributed by atoms with Crippen molar-refractivity contribution in [1.29, 1.82) is 0 Å². The molecule has 0 unspecified atom stereocenters. The van der Waals surface area contributed by atoms with Gasteiger partial charge in [0, 0.05) is 23.6 Å². The zero-order chi connectivity index (χ0) is 19.9. The standard InChI is InChI=1S/C24H31N5/c25-16-27-17-26-12-13-28-24-15-23-20(14-21(24)18-6-2-1-3-7-18)11-10-19-8-4-5-9-22(19)29-23/h4-5,8-9,14-18,28-29H,1-3,6-7,10-13H2,(H2,25,26,27). The van der Waals surface area contributed by atoms with Gasteiger partial charge in [0.05, 0.1) is 12.9 Å². The summed E-state index contributed by atoms with van der Waals surface area (Å²) in [6.45, 7) is 1.46. The van der Waals surface area contributed by atoms with Crippen molar-refractivity contribution < 1.29 is 0 Å². The second kappa shape index (κ2) is 9.59. The van der Waals surface area contributed by atoms with Gasteiger partial charge < -0.3 is 16.4 Å². The van der Waals surface area contributed by atoms with Crippen LogP contribution in [0.5, 0.6) is 0 Å². The van der Waals surface area contributed by atoms with Gasteiger partial charge in [-0.2, -0.15) is 0 Å². The van der Waals surface area contributed by atoms with Crippen molar-refractivity contribution in [2.45, 2.75) is 50.9 Å². The van der Waals surface area contributed by atoms with Crippen LogP contribution in [-0.4, -0.2) is 25.8 Å². The molecule has 5 heteroatoms. The first-order valence-corrected chi connectivity index (χ1v) is 10.8. The van der Waals surface area contributed by atoms with Crippen LogP contribution in [0.4, 0.5) is 17.1 Å². The minimum Gasteiger partial charge on any atom is -0.390 e. The average molecular weight is 390 g/mol. The molecule has 1 aliphatic carbocycles. The van der Waals surface area contributed by atoms with Crippen molar-refractivity contribution in [3.8, 4) is 0 Å². The molecule has 0 saturated heterocycles. The first kappa shape index (κ1) is 19.5. The Hall–Kier alpha value is -2.82. The van der Waals surface area contributed by atoms with Crippen LogP contribution in [0.15, 0.2) is 46.4 Å². The summed E-state index contributed by atoms with van der Waals surface area (Å²) >= 11 is 0. The number of benzene rings is 2. The van der Waals surface area contributed by atoms with Crippen molar-refractivity contribution in [2.75, 3.05) is 23.7 Å². The van der Waals surface area contributed by atoms with E-state index in [1.165, 1.54) is 78.5 Å². The van der Waals surface area contributed by atoms with Gasteiger partial charge in [0.2, 0.25) is 0 Å². The number of nitrogens with two attached hydrogens (primary N) is 1. The largest absolute Gasteiger partial charge is 0.390 e. The lowest BCUT2D eigenvalue weighted by atomic mass is 9.82. The minimum atomic E-state index is 0.660. The quantitative estimate of drug-likeness (QED) is 0.369. The molecule has 2 aromatic rings. The third-order valence-electron chi connectivity index (χ3n) is 6.06. The van der Waals surface area contributed by atoms with Crippen molar-refractivity contribution in [3.63, 3.8) is 0 Å². The molecule has 152 valence electrons. The summed E-state index contributed by atoms with van der Waals surface area (Å²) in [6, 6.07) is 13.4. The highest BCUT2D eigenvalue weighted by Crippen LogP contribution is 2.41. The molecule has 2 aromatic carbocycles. The molecule has 0 aromatic heterocycles. The highest BCUT2D eigenvalue weighted by Gasteiger charge is 2.22. The molecule has 29 heavy (non-hydrogen) atoms. The number of anilines is 3. The maximum absolute atomic E-state index is 5.24. The highest BCUT2D eigenvalue weighted by molar-refractivity contribution is 5.74. The molecule has 0 amide bonds. The number of fused-ring (bicyclic) bond motifs is 2. The van der Waals surface area contributed by atoms with E-state index in [1.807, 2.05) is 0 Å². The van der Waals surface area contributed by atoms with E-state index >= 15 is 0 Å². The van der Waals surface area contributed by atoms with Crippen LogP contribution in [0.3, 0.4) is 0 Å². The van der Waals surface area contributed by atoms with Crippen molar-refractivity contribution in [2.24, 2.45) is 15.7 Å². The minimum absolute atomic E-state index is 0.660. The number of aryl methyl sites for hydroxylation is 2. The molecule has 0 radical (unpaired) electrons. The van der Waals surface area contributed by atoms with E-state index in [0.29, 0.717) is 12.5 Å². The Morgan fingerprint density at radius 2 is 1.86 bits per heavy atom. The lowest BCUT2D eigenvalue weighted by Crippen LogP contribution is -2.12. The van der Waals surface area contributed by atoms with Crippen LogP contribution < -0.4 is 16.4 Å². The Balaban J connectivity index is 1.59. The predicted octanol–water partition coefficient (Wildman–Crippen LogP) is 5.00. The van der Waals surface area contributed by atoms with Gasteiger partial charge in [-0.05, 0) is 60.4 Å². The van der Waals surface area contributed by atoms with Gasteiger partial charge >= 0.3 is 0 Å². The normalized spacial score (nSPS) is 17.0. The molecule has 1 aliphatic heterocycles. The molecule has 4 rings (SSSR count). The van der Waals surface area contributed by atoms with Crippen molar-refractivity contribution in [3.05, 3.63) is 53.1 Å². The summed E-state index contributed by atoms with van der Waals surface area (Å²) in [5.74, 6) is 0.660. The van der Waals surface area contributed by atoms with Gasteiger partial charge in [-0.25, -0.2) is 4.99 Å². The summed E-state index contributed by atoms with van der Waals surface area (Å²) in [5, 5.41) is 7.33. The Morgan fingerprint density at radius 1 is 1.03 bits per heavy atom. The third kappa shape index (κ3) is 4.78. The lowest BCUT2D eigenvalue weighted by molar-refractivity contribution is 0.444. The fourth-order valence-electron chi connectivity index (χ4n) is 4.56. The van der Waals surface area contributed by atoms with Crippen LogP contribution in [0, 0.1) is 0 Å². The Bertz CT molecular complexity index is 881. The molecule has 1 heterocycles. The monoisotopic (exact) mass is 389 g/mol. The van der Waals surface area contributed by atoms with Crippen LogP contribution >= 0.6 is 0 Å². The van der Waals surface area contributed by atoms with E-state index in [1.54, 1.807) is 0 Å². The molecule has 0 atom stereocenters. The number of para-hydroxylation sites is 1. The summed E-state index contributed by atoms with van der Waals surface area (Å²) in [6.07, 6.45) is 11.6. The van der Waals surface area contributed by atoms with E-state index < -0.39 is 0 Å². The second-order valence-corrected chi connectivity index (χ2v) is 7.96. The van der Waals surface area contributed by atoms with Gasteiger partial charge in [0.25, 0.3) is 0 Å². The zero-order valence-corrected chi connectivity index (χ0v) is 17.0. The SMILES string of the molecule is NC=NC=NCCNc1cc2c(cc1C1CCCCC1)CCc1ccccc1N2. The Morgan fingerprint density at radius 3 is 2.72 bits per heavy atom. The molecular weight excluding hydrogens is 358 g/mol. The lowest BCUT2D eigenvalue weighted by Gasteiger charge is -2.26. The average Bonchev–Trinajstić information content (AvgIpc) is 2.95. The molecule has 4 N–H and O–H groups in total. The molecule has 2 aliphatic rings. The van der Waals surface area contributed by atoms with Crippen LogP contribution in [0.1, 0.15) is 54.7 Å². The second-order valence-electron chi connectivity index (χ2n) is 7.96. The summed E-state index contributed by atoms with van der Waals surface area (Å²) in [4.78, 5) is 8.09. The van der Waals surface area contributed by atoms with Gasteiger partial charge in [-0.3, -0.25) is 4.99 Å². The number of nitrogens with zero attached hydrogens (tertiary/aromatic N) is 2. The van der Waals surface area contributed by atoms with E-state index in [-0.39, 0.29) is 0 Å². The molecular formula is C24H31N5. The fraction of sp³-hybridized carbons (Fsp3) is 0.417. The van der Waals surface area contributed by atoms with Crippen molar-refractivity contribution in [1.82, 2.24) is 0 Å².